The van der Waals surface area contributed by atoms with Gasteiger partial charge in [-0.15, -0.1) is 0 Å². The van der Waals surface area contributed by atoms with E-state index in [9.17, 15) is 13.2 Å². The summed E-state index contributed by atoms with van der Waals surface area (Å²) in [7, 11) is -5.17. The van der Waals surface area contributed by atoms with Crippen molar-refractivity contribution in [3.05, 3.63) is 114 Å². The predicted molar refractivity (Wildman–Crippen MR) is 169 cm³/mol. The number of carbonyl (C=O) groups is 1. The number of nitrogens with zero attached hydrogens (tertiary/aromatic N) is 1. The van der Waals surface area contributed by atoms with Gasteiger partial charge in [-0.1, -0.05) is 36.4 Å². The van der Waals surface area contributed by atoms with Gasteiger partial charge in [0.25, 0.3) is 0 Å². The number of sulfonamides is 1. The van der Waals surface area contributed by atoms with E-state index in [4.69, 9.17) is 4.74 Å². The number of benzene rings is 3. The summed E-state index contributed by atoms with van der Waals surface area (Å²) in [6.45, 7) is 8.43. The van der Waals surface area contributed by atoms with Gasteiger partial charge in [-0.2, -0.15) is 0 Å². The van der Waals surface area contributed by atoms with Crippen LogP contribution in [-0.4, -0.2) is 53.5 Å². The zero-order chi connectivity index (χ0) is 29.0. The van der Waals surface area contributed by atoms with Crippen molar-refractivity contribution in [3.63, 3.8) is 0 Å². The molecule has 1 unspecified atom stereocenters. The van der Waals surface area contributed by atoms with Gasteiger partial charge < -0.3 is 0 Å². The SMILES string of the molecule is CC(CCC[Se]c1ccccc1)N(/C=C/C(=O)OC(c1ccccc1)c1ccccc1)S(=O)(=O)CC[Si](C)(C)C. The Hall–Kier alpha value is -2.64. The van der Waals surface area contributed by atoms with Crippen LogP contribution in [0.2, 0.25) is 31.0 Å². The molecular weight excluding hydrogens is 601 g/mol. The molecule has 214 valence electrons. The van der Waals surface area contributed by atoms with E-state index in [-0.39, 0.29) is 11.8 Å². The van der Waals surface area contributed by atoms with Crippen molar-refractivity contribution < 1.29 is 17.9 Å². The molecule has 0 aliphatic carbocycles. The number of carbonyl (C=O) groups excluding carboxylic acids is 1. The minimum absolute atomic E-state index is 0.0804. The predicted octanol–water partition coefficient (Wildman–Crippen LogP) is 6.42. The van der Waals surface area contributed by atoms with Crippen LogP contribution in [0.3, 0.4) is 0 Å². The molecule has 0 saturated heterocycles. The molecule has 0 aromatic heterocycles. The van der Waals surface area contributed by atoms with E-state index in [1.165, 1.54) is 21.0 Å². The van der Waals surface area contributed by atoms with Gasteiger partial charge in [0.1, 0.15) is 0 Å². The summed E-state index contributed by atoms with van der Waals surface area (Å²) in [6.07, 6.45) is 3.72. The van der Waals surface area contributed by atoms with E-state index in [0.29, 0.717) is 21.0 Å². The second-order valence-corrected chi connectivity index (χ2v) is 21.1. The number of rotatable bonds is 15. The zero-order valence-corrected chi connectivity index (χ0v) is 27.4. The van der Waals surface area contributed by atoms with Gasteiger partial charge in [-0.25, -0.2) is 0 Å². The van der Waals surface area contributed by atoms with E-state index in [1.54, 1.807) is 0 Å². The van der Waals surface area contributed by atoms with E-state index >= 15 is 0 Å². The molecule has 0 spiro atoms. The van der Waals surface area contributed by atoms with Crippen LogP contribution < -0.4 is 4.46 Å². The third-order valence-corrected chi connectivity index (χ3v) is 12.7. The van der Waals surface area contributed by atoms with E-state index in [2.05, 4.69) is 43.9 Å². The van der Waals surface area contributed by atoms with Crippen molar-refractivity contribution in [2.24, 2.45) is 0 Å². The van der Waals surface area contributed by atoms with Gasteiger partial charge in [0.15, 0.2) is 0 Å². The van der Waals surface area contributed by atoms with Crippen molar-refractivity contribution in [3.8, 4) is 0 Å². The van der Waals surface area contributed by atoms with Crippen molar-refractivity contribution in [2.75, 3.05) is 5.75 Å². The summed E-state index contributed by atoms with van der Waals surface area (Å²) in [6, 6.07) is 29.9. The molecule has 8 heteroatoms. The second kappa shape index (κ2) is 15.4. The Kier molecular flexibility index (Phi) is 12.3. The maximum atomic E-state index is 13.5. The molecule has 3 rings (SSSR count). The van der Waals surface area contributed by atoms with E-state index in [0.717, 1.165) is 29.3 Å². The van der Waals surface area contributed by atoms with Gasteiger partial charge in [0, 0.05) is 0 Å². The Morgan fingerprint density at radius 2 is 1.43 bits per heavy atom. The summed E-state index contributed by atoms with van der Waals surface area (Å²) in [5.41, 5.74) is 1.70. The maximum absolute atomic E-state index is 13.5. The summed E-state index contributed by atoms with van der Waals surface area (Å²) in [5, 5.41) is 1.03. The molecule has 40 heavy (non-hydrogen) atoms. The zero-order valence-electron chi connectivity index (χ0n) is 23.9. The van der Waals surface area contributed by atoms with Crippen LogP contribution in [0.1, 0.15) is 37.0 Å². The standard InChI is InChI=1S/C32H41NO4SSeSi/c1-27(15-14-25-39-30-20-12-7-13-21-30)33(38(35,36)24-26-40(2,3)4)23-22-31(34)37-32(28-16-8-5-9-17-28)29-18-10-6-11-19-29/h5-13,16-23,27,32H,14-15,24-26H2,1-4H3/b23-22+. The summed E-state index contributed by atoms with van der Waals surface area (Å²) >= 11 is 0.353. The quantitative estimate of drug-likeness (QED) is 0.0831. The normalized spacial score (nSPS) is 12.9. The van der Waals surface area contributed by atoms with Gasteiger partial charge in [-0.05, 0) is 0 Å². The van der Waals surface area contributed by atoms with Gasteiger partial charge in [0.05, 0.1) is 0 Å². The third kappa shape index (κ3) is 10.7. The van der Waals surface area contributed by atoms with Crippen molar-refractivity contribution in [1.29, 1.82) is 0 Å². The van der Waals surface area contributed by atoms with Crippen LogP contribution in [0.25, 0.3) is 0 Å². The Bertz CT molecular complexity index is 1270. The molecule has 0 saturated carbocycles. The summed E-state index contributed by atoms with van der Waals surface area (Å²) < 4.78 is 35.6. The molecule has 0 fully saturated rings. The molecule has 1 atom stereocenters. The molecule has 0 N–H and O–H groups in total. The molecule has 5 nitrogen and oxygen atoms in total. The van der Waals surface area contributed by atoms with Crippen molar-refractivity contribution >= 4 is 43.5 Å². The first-order chi connectivity index (χ1) is 19.0. The first kappa shape index (κ1) is 31.9. The molecule has 0 aliphatic rings. The van der Waals surface area contributed by atoms with Crippen LogP contribution in [0.4, 0.5) is 0 Å². The molecule has 0 bridgehead atoms. The Morgan fingerprint density at radius 1 is 0.900 bits per heavy atom. The average Bonchev–Trinajstić information content (AvgIpc) is 2.94. The fourth-order valence-electron chi connectivity index (χ4n) is 4.14. The number of hydrogen-bond donors (Lipinski definition) is 0. The van der Waals surface area contributed by atoms with E-state index < -0.39 is 30.2 Å². The summed E-state index contributed by atoms with van der Waals surface area (Å²) in [4.78, 5) is 13.1. The first-order valence-corrected chi connectivity index (χ1v) is 21.1. The number of ether oxygens (including phenoxy) is 1. The Balaban J connectivity index is 1.74. The monoisotopic (exact) mass is 643 g/mol. The molecule has 0 amide bonds. The molecule has 0 heterocycles. The fourth-order valence-corrected chi connectivity index (χ4v) is 10.6. The molecule has 3 aromatic carbocycles. The summed E-state index contributed by atoms with van der Waals surface area (Å²) in [5.74, 6) is -0.500. The van der Waals surface area contributed by atoms with Crippen LogP contribution >= 0.6 is 0 Å². The van der Waals surface area contributed by atoms with Gasteiger partial charge >= 0.3 is 212 Å². The van der Waals surface area contributed by atoms with Crippen molar-refractivity contribution in [1.82, 2.24) is 4.31 Å². The van der Waals surface area contributed by atoms with Gasteiger partial charge in [-0.3, -0.25) is 0 Å². The number of hydrogen-bond acceptors (Lipinski definition) is 4. The second-order valence-electron chi connectivity index (χ2n) is 11.1. The van der Waals surface area contributed by atoms with Crippen LogP contribution in [-0.2, 0) is 19.6 Å². The van der Waals surface area contributed by atoms with Crippen LogP contribution in [0.5, 0.6) is 0 Å². The molecule has 0 radical (unpaired) electrons. The van der Waals surface area contributed by atoms with Crippen LogP contribution in [0.15, 0.2) is 103 Å². The topological polar surface area (TPSA) is 63.7 Å². The Morgan fingerprint density at radius 3 is 1.95 bits per heavy atom. The van der Waals surface area contributed by atoms with E-state index in [1.807, 2.05) is 73.7 Å². The minimum atomic E-state index is -3.59. The van der Waals surface area contributed by atoms with Crippen molar-refractivity contribution in [2.45, 2.75) is 62.9 Å². The molecular formula is C32H41NO4SSeSi. The van der Waals surface area contributed by atoms with Crippen LogP contribution in [0, 0.1) is 0 Å². The molecule has 3 aromatic rings. The fraction of sp³-hybridized carbons (Fsp3) is 0.344. The van der Waals surface area contributed by atoms with Gasteiger partial charge in [0.2, 0.25) is 0 Å². The average molecular weight is 643 g/mol. The number of esters is 1. The first-order valence-electron chi connectivity index (χ1n) is 13.7. The molecule has 0 aliphatic heterocycles. The third-order valence-electron chi connectivity index (χ3n) is 6.44. The Labute approximate surface area is 247 Å².